The zero-order valence-electron chi connectivity index (χ0n) is 17.8. The molecule has 3 unspecified atom stereocenters. The van der Waals surface area contributed by atoms with Crippen LogP contribution in [0.3, 0.4) is 0 Å². The maximum atomic E-state index is 4.37. The second-order valence-electron chi connectivity index (χ2n) is 8.09. The molecule has 0 aromatic heterocycles. The highest BCUT2D eigenvalue weighted by atomic mass is 14.8. The van der Waals surface area contributed by atoms with Crippen molar-refractivity contribution in [1.82, 2.24) is 0 Å². The van der Waals surface area contributed by atoms with E-state index in [1.807, 2.05) is 0 Å². The van der Waals surface area contributed by atoms with Crippen molar-refractivity contribution >= 4 is 6.72 Å². The van der Waals surface area contributed by atoms with Gasteiger partial charge < -0.3 is 0 Å². The number of hydrogen-bond donors (Lipinski definition) is 0. The fourth-order valence-electron chi connectivity index (χ4n) is 3.92. The molecule has 24 heavy (non-hydrogen) atoms. The molecule has 0 aliphatic rings. The summed E-state index contributed by atoms with van der Waals surface area (Å²) in [5, 5.41) is 0. The smallest absolute Gasteiger partial charge is 0.0535 e. The first-order valence-corrected chi connectivity index (χ1v) is 10.0. The third-order valence-corrected chi connectivity index (χ3v) is 5.81. The monoisotopic (exact) mass is 333 g/mol. The number of unbranched alkanes of at least 4 members (excludes halogenated alkanes) is 1. The van der Waals surface area contributed by atoms with Crippen LogP contribution in [-0.2, 0) is 0 Å². The standard InChI is InChI=1S/C23H43N/c1-10-14-16-23(7,8)17-15-21(13-4)18(5)22(19(6)24-9)20(11-2)12-3/h11,13,18-19,22H,9-10,12,14-17H2,1-8H3/b20-11+,21-13-. The Kier molecular flexibility index (Phi) is 11.2. The molecule has 0 saturated heterocycles. The summed E-state index contributed by atoms with van der Waals surface area (Å²) in [5.74, 6) is 1.01. The van der Waals surface area contributed by atoms with Gasteiger partial charge in [0.15, 0.2) is 0 Å². The van der Waals surface area contributed by atoms with Crippen LogP contribution in [0, 0.1) is 17.3 Å². The summed E-state index contributed by atoms with van der Waals surface area (Å²) in [5.41, 5.74) is 3.55. The zero-order chi connectivity index (χ0) is 18.8. The van der Waals surface area contributed by atoms with Crippen LogP contribution in [0.2, 0.25) is 0 Å². The fourth-order valence-corrected chi connectivity index (χ4v) is 3.92. The Morgan fingerprint density at radius 3 is 2.04 bits per heavy atom. The van der Waals surface area contributed by atoms with E-state index < -0.39 is 0 Å². The highest BCUT2D eigenvalue weighted by Crippen LogP contribution is 2.37. The van der Waals surface area contributed by atoms with Gasteiger partial charge in [0.1, 0.15) is 0 Å². The lowest BCUT2D eigenvalue weighted by molar-refractivity contribution is 0.288. The van der Waals surface area contributed by atoms with Gasteiger partial charge in [0.25, 0.3) is 0 Å². The number of allylic oxidation sites excluding steroid dienone is 3. The topological polar surface area (TPSA) is 12.4 Å². The molecule has 140 valence electrons. The van der Waals surface area contributed by atoms with Crippen molar-refractivity contribution < 1.29 is 0 Å². The van der Waals surface area contributed by atoms with Crippen molar-refractivity contribution in [2.75, 3.05) is 0 Å². The summed E-state index contributed by atoms with van der Waals surface area (Å²) >= 11 is 0. The molecule has 0 spiro atoms. The highest BCUT2D eigenvalue weighted by Gasteiger charge is 2.28. The first-order valence-electron chi connectivity index (χ1n) is 10.0. The Morgan fingerprint density at radius 2 is 1.62 bits per heavy atom. The molecule has 0 saturated carbocycles. The van der Waals surface area contributed by atoms with Gasteiger partial charge in [-0.3, -0.25) is 4.99 Å². The third kappa shape index (κ3) is 7.36. The van der Waals surface area contributed by atoms with E-state index in [1.54, 1.807) is 5.57 Å². The molecule has 0 rings (SSSR count). The minimum Gasteiger partial charge on any atom is -0.297 e. The molecule has 1 nitrogen and oxygen atoms in total. The van der Waals surface area contributed by atoms with Gasteiger partial charge in [-0.05, 0) is 64.5 Å². The number of aliphatic imine (C=N–C) groups is 1. The Hall–Kier alpha value is -0.850. The first kappa shape index (κ1) is 23.1. The number of nitrogens with zero attached hydrogens (tertiary/aromatic N) is 1. The maximum Gasteiger partial charge on any atom is 0.0535 e. The van der Waals surface area contributed by atoms with Crippen molar-refractivity contribution in [3.8, 4) is 0 Å². The van der Waals surface area contributed by atoms with Crippen LogP contribution in [0.1, 0.15) is 93.9 Å². The molecule has 0 aromatic carbocycles. The maximum absolute atomic E-state index is 4.37. The molecule has 0 bridgehead atoms. The van der Waals surface area contributed by atoms with Crippen LogP contribution in [0.25, 0.3) is 0 Å². The molecule has 3 atom stereocenters. The number of rotatable bonds is 12. The second kappa shape index (κ2) is 11.7. The molecule has 0 fully saturated rings. The molecular formula is C23H43N. The van der Waals surface area contributed by atoms with E-state index in [-0.39, 0.29) is 6.04 Å². The predicted octanol–water partition coefficient (Wildman–Crippen LogP) is 7.63. The minimum atomic E-state index is 0.272. The first-order chi connectivity index (χ1) is 11.3. The number of hydrogen-bond acceptors (Lipinski definition) is 1. The van der Waals surface area contributed by atoms with Gasteiger partial charge in [-0.2, -0.15) is 0 Å². The van der Waals surface area contributed by atoms with Crippen molar-refractivity contribution in [3.05, 3.63) is 23.3 Å². The lowest BCUT2D eigenvalue weighted by atomic mass is 9.74. The highest BCUT2D eigenvalue weighted by molar-refractivity contribution is 5.26. The van der Waals surface area contributed by atoms with E-state index in [0.29, 0.717) is 17.3 Å². The molecule has 0 aliphatic carbocycles. The summed E-state index contributed by atoms with van der Waals surface area (Å²) in [6, 6.07) is 0.272. The van der Waals surface area contributed by atoms with Gasteiger partial charge in [0.05, 0.1) is 6.04 Å². The van der Waals surface area contributed by atoms with E-state index >= 15 is 0 Å². The summed E-state index contributed by atoms with van der Waals surface area (Å²) in [6.07, 6.45) is 12.2. The molecule has 0 aliphatic heterocycles. The molecule has 0 N–H and O–H groups in total. The van der Waals surface area contributed by atoms with Crippen LogP contribution in [0.5, 0.6) is 0 Å². The Labute approximate surface area is 152 Å². The Balaban J connectivity index is 5.16. The predicted molar refractivity (Wildman–Crippen MR) is 112 cm³/mol. The van der Waals surface area contributed by atoms with Crippen LogP contribution in [0.4, 0.5) is 0 Å². The lowest BCUT2D eigenvalue weighted by Gasteiger charge is -2.33. The summed E-state index contributed by atoms with van der Waals surface area (Å²) in [4.78, 5) is 4.37. The van der Waals surface area contributed by atoms with Crippen LogP contribution < -0.4 is 0 Å². The summed E-state index contributed by atoms with van der Waals surface area (Å²) in [7, 11) is 0. The third-order valence-electron chi connectivity index (χ3n) is 5.81. The van der Waals surface area contributed by atoms with Crippen molar-refractivity contribution in [1.29, 1.82) is 0 Å². The van der Waals surface area contributed by atoms with Gasteiger partial charge >= 0.3 is 0 Å². The van der Waals surface area contributed by atoms with Crippen molar-refractivity contribution in [3.63, 3.8) is 0 Å². The minimum absolute atomic E-state index is 0.272. The lowest BCUT2D eigenvalue weighted by Crippen LogP contribution is -2.26. The largest absolute Gasteiger partial charge is 0.297 e. The van der Waals surface area contributed by atoms with Crippen molar-refractivity contribution in [2.24, 2.45) is 22.2 Å². The summed E-state index contributed by atoms with van der Waals surface area (Å²) < 4.78 is 0. The van der Waals surface area contributed by atoms with E-state index in [4.69, 9.17) is 0 Å². The molecule has 1 heteroatoms. The molecule has 0 amide bonds. The van der Waals surface area contributed by atoms with E-state index in [9.17, 15) is 0 Å². The van der Waals surface area contributed by atoms with Crippen LogP contribution >= 0.6 is 0 Å². The molecule has 0 aromatic rings. The average Bonchev–Trinajstić information content (AvgIpc) is 2.57. The quantitative estimate of drug-likeness (QED) is 0.257. The van der Waals surface area contributed by atoms with Gasteiger partial charge in [-0.1, -0.05) is 70.8 Å². The Morgan fingerprint density at radius 1 is 1.04 bits per heavy atom. The normalized spacial score (nSPS) is 17.5. The van der Waals surface area contributed by atoms with Crippen molar-refractivity contribution in [2.45, 2.75) is 100.0 Å². The zero-order valence-corrected chi connectivity index (χ0v) is 17.8. The van der Waals surface area contributed by atoms with Gasteiger partial charge in [-0.15, -0.1) is 0 Å². The van der Waals surface area contributed by atoms with Gasteiger partial charge in [-0.25, -0.2) is 0 Å². The second-order valence-corrected chi connectivity index (χ2v) is 8.09. The Bertz CT molecular complexity index is 414. The van der Waals surface area contributed by atoms with Gasteiger partial charge in [0.2, 0.25) is 0 Å². The molecule has 0 heterocycles. The van der Waals surface area contributed by atoms with Crippen LogP contribution in [0.15, 0.2) is 28.3 Å². The molecular weight excluding hydrogens is 290 g/mol. The fraction of sp³-hybridized carbons (Fsp3) is 0.783. The van der Waals surface area contributed by atoms with E-state index in [1.165, 1.54) is 37.7 Å². The summed E-state index contributed by atoms with van der Waals surface area (Å²) in [6.45, 7) is 22.2. The SMILES string of the molecule is C=NC(C)C(/C(=C/C)CC)C(C)/C(=C\C)CCC(C)(C)CCCC. The van der Waals surface area contributed by atoms with E-state index in [2.05, 4.69) is 79.3 Å². The van der Waals surface area contributed by atoms with Gasteiger partial charge in [0, 0.05) is 5.92 Å². The van der Waals surface area contributed by atoms with Crippen LogP contribution in [-0.4, -0.2) is 12.8 Å². The average molecular weight is 334 g/mol. The molecule has 0 radical (unpaired) electrons. The van der Waals surface area contributed by atoms with E-state index in [0.717, 1.165) is 6.42 Å².